The second kappa shape index (κ2) is 5.77. The molecule has 1 saturated heterocycles. The average Bonchev–Trinajstić information content (AvgIpc) is 2.92. The van der Waals surface area contributed by atoms with Crippen LogP contribution in [0, 0.1) is 11.6 Å². The van der Waals surface area contributed by atoms with E-state index in [0.29, 0.717) is 0 Å². The standard InChI is InChI=1S/C14H17F2N5/c1-19-5-7-20(8-6-19)14-10-21(18-17-14)9-11-12(15)3-2-4-13(11)16/h2-4,10H,5-9H2,1H3. The third-order valence-corrected chi connectivity index (χ3v) is 3.74. The minimum Gasteiger partial charge on any atom is -0.351 e. The van der Waals surface area contributed by atoms with E-state index in [2.05, 4.69) is 27.2 Å². The molecule has 0 aliphatic carbocycles. The summed E-state index contributed by atoms with van der Waals surface area (Å²) in [6, 6.07) is 3.85. The number of piperazine rings is 1. The van der Waals surface area contributed by atoms with Gasteiger partial charge in [0, 0.05) is 31.7 Å². The van der Waals surface area contributed by atoms with E-state index in [9.17, 15) is 8.78 Å². The normalized spacial score (nSPS) is 16.4. The number of nitrogens with zero attached hydrogens (tertiary/aromatic N) is 5. The second-order valence-corrected chi connectivity index (χ2v) is 5.26. The zero-order valence-electron chi connectivity index (χ0n) is 11.8. The van der Waals surface area contributed by atoms with E-state index in [-0.39, 0.29) is 12.1 Å². The van der Waals surface area contributed by atoms with Crippen LogP contribution in [0.3, 0.4) is 0 Å². The van der Waals surface area contributed by atoms with Crippen LogP contribution >= 0.6 is 0 Å². The Morgan fingerprint density at radius 3 is 2.43 bits per heavy atom. The predicted octanol–water partition coefficient (Wildman–Crippen LogP) is 1.36. The molecule has 1 aliphatic heterocycles. The molecule has 3 rings (SSSR count). The Hall–Kier alpha value is -2.02. The van der Waals surface area contributed by atoms with Crippen molar-refractivity contribution in [3.63, 3.8) is 0 Å². The minimum absolute atomic E-state index is 0.00678. The predicted molar refractivity (Wildman–Crippen MR) is 75.2 cm³/mol. The molecule has 1 aromatic carbocycles. The van der Waals surface area contributed by atoms with Crippen molar-refractivity contribution in [2.24, 2.45) is 0 Å². The summed E-state index contributed by atoms with van der Waals surface area (Å²) in [4.78, 5) is 4.37. The maximum atomic E-state index is 13.6. The summed E-state index contributed by atoms with van der Waals surface area (Å²) in [5, 5.41) is 8.06. The molecule has 0 N–H and O–H groups in total. The number of aromatic nitrogens is 3. The molecule has 5 nitrogen and oxygen atoms in total. The summed E-state index contributed by atoms with van der Waals surface area (Å²) in [6.07, 6.45) is 1.73. The van der Waals surface area contributed by atoms with Crippen LogP contribution in [0.25, 0.3) is 0 Å². The molecule has 1 aliphatic rings. The summed E-state index contributed by atoms with van der Waals surface area (Å²) < 4.78 is 28.7. The Labute approximate surface area is 121 Å². The molecule has 7 heteroatoms. The zero-order chi connectivity index (χ0) is 14.8. The highest BCUT2D eigenvalue weighted by Crippen LogP contribution is 2.16. The Morgan fingerprint density at radius 2 is 1.76 bits per heavy atom. The molecule has 2 aromatic rings. The first-order valence-corrected chi connectivity index (χ1v) is 6.90. The zero-order valence-corrected chi connectivity index (χ0v) is 11.8. The summed E-state index contributed by atoms with van der Waals surface area (Å²) in [7, 11) is 2.08. The van der Waals surface area contributed by atoms with Crippen LogP contribution in [-0.4, -0.2) is 53.1 Å². The molecule has 0 saturated carbocycles. The van der Waals surface area contributed by atoms with Crippen LogP contribution in [0.5, 0.6) is 0 Å². The molecule has 1 fully saturated rings. The lowest BCUT2D eigenvalue weighted by Crippen LogP contribution is -2.44. The number of rotatable bonds is 3. The van der Waals surface area contributed by atoms with Gasteiger partial charge in [-0.1, -0.05) is 11.3 Å². The molecule has 21 heavy (non-hydrogen) atoms. The van der Waals surface area contributed by atoms with E-state index < -0.39 is 11.6 Å². The van der Waals surface area contributed by atoms with E-state index in [1.165, 1.54) is 22.9 Å². The van der Waals surface area contributed by atoms with Gasteiger partial charge in [0.05, 0.1) is 12.7 Å². The van der Waals surface area contributed by atoms with Crippen molar-refractivity contribution in [1.82, 2.24) is 19.9 Å². The van der Waals surface area contributed by atoms with Crippen LogP contribution in [0.15, 0.2) is 24.4 Å². The third-order valence-electron chi connectivity index (χ3n) is 3.74. The summed E-state index contributed by atoms with van der Waals surface area (Å²) in [6.45, 7) is 3.73. The fourth-order valence-corrected chi connectivity index (χ4v) is 2.39. The lowest BCUT2D eigenvalue weighted by Gasteiger charge is -2.31. The average molecular weight is 293 g/mol. The lowest BCUT2D eigenvalue weighted by molar-refractivity contribution is 0.312. The summed E-state index contributed by atoms with van der Waals surface area (Å²) in [5.74, 6) is -0.377. The molecule has 0 spiro atoms. The molecular weight excluding hydrogens is 276 g/mol. The van der Waals surface area contributed by atoms with Gasteiger partial charge in [-0.2, -0.15) is 0 Å². The molecule has 0 atom stereocenters. The van der Waals surface area contributed by atoms with Gasteiger partial charge < -0.3 is 9.80 Å². The Morgan fingerprint density at radius 1 is 1.10 bits per heavy atom. The van der Waals surface area contributed by atoms with Crippen molar-refractivity contribution >= 4 is 5.82 Å². The maximum absolute atomic E-state index is 13.6. The molecule has 0 amide bonds. The first-order chi connectivity index (χ1) is 10.1. The van der Waals surface area contributed by atoms with E-state index in [0.717, 1.165) is 32.0 Å². The first-order valence-electron chi connectivity index (χ1n) is 6.90. The van der Waals surface area contributed by atoms with E-state index in [1.54, 1.807) is 6.20 Å². The van der Waals surface area contributed by atoms with Crippen LogP contribution in [0.1, 0.15) is 5.56 Å². The van der Waals surface area contributed by atoms with Crippen molar-refractivity contribution in [1.29, 1.82) is 0 Å². The number of benzene rings is 1. The van der Waals surface area contributed by atoms with Gasteiger partial charge in [-0.05, 0) is 19.2 Å². The highest BCUT2D eigenvalue weighted by atomic mass is 19.1. The molecule has 2 heterocycles. The monoisotopic (exact) mass is 293 g/mol. The van der Waals surface area contributed by atoms with Crippen LogP contribution in [-0.2, 0) is 6.54 Å². The SMILES string of the molecule is CN1CCN(c2cn(Cc3c(F)cccc3F)nn2)CC1. The van der Waals surface area contributed by atoms with Gasteiger partial charge >= 0.3 is 0 Å². The molecule has 0 bridgehead atoms. The molecule has 1 aromatic heterocycles. The minimum atomic E-state index is -0.563. The second-order valence-electron chi connectivity index (χ2n) is 5.26. The van der Waals surface area contributed by atoms with Crippen LogP contribution in [0.2, 0.25) is 0 Å². The van der Waals surface area contributed by atoms with Crippen molar-refractivity contribution < 1.29 is 8.78 Å². The number of halogens is 2. The lowest BCUT2D eigenvalue weighted by atomic mass is 10.2. The summed E-state index contributed by atoms with van der Waals surface area (Å²) >= 11 is 0. The van der Waals surface area contributed by atoms with Crippen LogP contribution in [0.4, 0.5) is 14.6 Å². The van der Waals surface area contributed by atoms with Crippen molar-refractivity contribution in [3.8, 4) is 0 Å². The quantitative estimate of drug-likeness (QED) is 0.856. The number of hydrogen-bond donors (Lipinski definition) is 0. The van der Waals surface area contributed by atoms with Gasteiger partial charge in [0.15, 0.2) is 5.82 Å². The smallest absolute Gasteiger partial charge is 0.171 e. The Kier molecular flexibility index (Phi) is 3.83. The maximum Gasteiger partial charge on any atom is 0.171 e. The van der Waals surface area contributed by atoms with E-state index in [1.807, 2.05) is 0 Å². The van der Waals surface area contributed by atoms with Crippen molar-refractivity contribution in [3.05, 3.63) is 41.6 Å². The molecular formula is C14H17F2N5. The highest BCUT2D eigenvalue weighted by Gasteiger charge is 2.17. The Bertz CT molecular complexity index is 599. The first kappa shape index (κ1) is 13.9. The van der Waals surface area contributed by atoms with Gasteiger partial charge in [-0.3, -0.25) is 0 Å². The highest BCUT2D eigenvalue weighted by molar-refractivity contribution is 5.35. The third kappa shape index (κ3) is 3.02. The topological polar surface area (TPSA) is 37.2 Å². The van der Waals surface area contributed by atoms with E-state index >= 15 is 0 Å². The van der Waals surface area contributed by atoms with Gasteiger partial charge in [0.25, 0.3) is 0 Å². The number of anilines is 1. The van der Waals surface area contributed by atoms with Crippen LogP contribution < -0.4 is 4.90 Å². The number of hydrogen-bond acceptors (Lipinski definition) is 4. The van der Waals surface area contributed by atoms with Gasteiger partial charge in [0.1, 0.15) is 11.6 Å². The fourth-order valence-electron chi connectivity index (χ4n) is 2.39. The molecule has 112 valence electrons. The van der Waals surface area contributed by atoms with Crippen molar-refractivity contribution in [2.75, 3.05) is 38.1 Å². The van der Waals surface area contributed by atoms with Crippen molar-refractivity contribution in [2.45, 2.75) is 6.54 Å². The Balaban J connectivity index is 1.73. The molecule has 0 unspecified atom stereocenters. The fraction of sp³-hybridized carbons (Fsp3) is 0.429. The molecule has 0 radical (unpaired) electrons. The largest absolute Gasteiger partial charge is 0.351 e. The summed E-state index contributed by atoms with van der Waals surface area (Å²) in [5.41, 5.74) is 0.00678. The number of likely N-dealkylation sites (N-methyl/N-ethyl adjacent to an activating group) is 1. The van der Waals surface area contributed by atoms with Gasteiger partial charge in [0.2, 0.25) is 0 Å². The van der Waals surface area contributed by atoms with E-state index in [4.69, 9.17) is 0 Å². The van der Waals surface area contributed by atoms with Gasteiger partial charge in [-0.25, -0.2) is 13.5 Å². The van der Waals surface area contributed by atoms with Gasteiger partial charge in [-0.15, -0.1) is 5.10 Å².